The molecule has 5 heterocycles. The second kappa shape index (κ2) is 8.69. The molecule has 10 heteroatoms. The van der Waals surface area contributed by atoms with Gasteiger partial charge >= 0.3 is 0 Å². The highest BCUT2D eigenvalue weighted by atomic mass is 19.1. The van der Waals surface area contributed by atoms with Gasteiger partial charge in [0, 0.05) is 69.1 Å². The minimum atomic E-state index is -0.719. The van der Waals surface area contributed by atoms with E-state index in [1.165, 1.54) is 6.07 Å². The molecular weight excluding hydrogens is 450 g/mol. The summed E-state index contributed by atoms with van der Waals surface area (Å²) < 4.78 is 31.4. The quantitative estimate of drug-likeness (QED) is 0.452. The van der Waals surface area contributed by atoms with Crippen molar-refractivity contribution < 1.29 is 8.78 Å². The van der Waals surface area contributed by atoms with Gasteiger partial charge in [0.15, 0.2) is 11.6 Å². The van der Waals surface area contributed by atoms with Crippen LogP contribution in [0.2, 0.25) is 0 Å². The molecule has 2 aromatic heterocycles. The molecule has 3 aliphatic heterocycles. The van der Waals surface area contributed by atoms with Crippen molar-refractivity contribution in [3.05, 3.63) is 65.3 Å². The SMILES string of the molecule is N/C=C(/F)C(=NCNc1ccc(CN2CC3(CNC3)C2)cn1)c1cc(F)c2nc3n(c2c1)CCC3. The number of rotatable bonds is 7. The highest BCUT2D eigenvalue weighted by Gasteiger charge is 2.47. The molecule has 0 bridgehead atoms. The minimum absolute atomic E-state index is 0.0110. The third-order valence-corrected chi connectivity index (χ3v) is 7.16. The fourth-order valence-electron chi connectivity index (χ4n) is 5.38. The Morgan fingerprint density at radius 1 is 1.29 bits per heavy atom. The second-order valence-corrected chi connectivity index (χ2v) is 9.77. The molecule has 8 nitrogen and oxygen atoms in total. The van der Waals surface area contributed by atoms with E-state index >= 15 is 0 Å². The van der Waals surface area contributed by atoms with Gasteiger partial charge in [0.2, 0.25) is 0 Å². The Hall–Kier alpha value is -3.37. The van der Waals surface area contributed by atoms with Crippen molar-refractivity contribution in [2.45, 2.75) is 25.9 Å². The smallest absolute Gasteiger partial charge is 0.164 e. The van der Waals surface area contributed by atoms with Gasteiger partial charge in [0.05, 0.1) is 5.52 Å². The van der Waals surface area contributed by atoms with E-state index in [2.05, 4.69) is 30.5 Å². The van der Waals surface area contributed by atoms with E-state index < -0.39 is 11.6 Å². The molecule has 0 unspecified atom stereocenters. The number of aryl methyl sites for hydroxylation is 2. The summed E-state index contributed by atoms with van der Waals surface area (Å²) >= 11 is 0. The number of hydrogen-bond acceptors (Lipinski definition) is 7. The summed E-state index contributed by atoms with van der Waals surface area (Å²) in [5.41, 5.74) is 8.37. The van der Waals surface area contributed by atoms with Crippen molar-refractivity contribution in [2.24, 2.45) is 16.1 Å². The van der Waals surface area contributed by atoms with Crippen LogP contribution in [-0.2, 0) is 19.5 Å². The average molecular weight is 479 g/mol. The van der Waals surface area contributed by atoms with Crippen LogP contribution in [0.5, 0.6) is 0 Å². The van der Waals surface area contributed by atoms with Crippen molar-refractivity contribution in [3.8, 4) is 0 Å². The van der Waals surface area contributed by atoms with Gasteiger partial charge in [-0.25, -0.2) is 18.7 Å². The second-order valence-electron chi connectivity index (χ2n) is 9.77. The topological polar surface area (TPSA) is 96.4 Å². The zero-order chi connectivity index (χ0) is 24.0. The van der Waals surface area contributed by atoms with Gasteiger partial charge in [0.25, 0.3) is 0 Å². The van der Waals surface area contributed by atoms with E-state index in [9.17, 15) is 8.78 Å². The van der Waals surface area contributed by atoms with Gasteiger partial charge in [-0.3, -0.25) is 9.89 Å². The molecule has 0 amide bonds. The number of nitrogens with zero attached hydrogens (tertiary/aromatic N) is 5. The first-order valence-electron chi connectivity index (χ1n) is 12.0. The predicted molar refractivity (Wildman–Crippen MR) is 131 cm³/mol. The number of pyridine rings is 1. The maximum Gasteiger partial charge on any atom is 0.164 e. The Labute approximate surface area is 201 Å². The van der Waals surface area contributed by atoms with E-state index in [0.717, 1.165) is 69.7 Å². The number of anilines is 1. The molecular formula is C25H28F2N8. The lowest BCUT2D eigenvalue weighted by molar-refractivity contribution is -0.0444. The predicted octanol–water partition coefficient (Wildman–Crippen LogP) is 2.55. The first kappa shape index (κ1) is 22.1. The summed E-state index contributed by atoms with van der Waals surface area (Å²) in [6, 6.07) is 6.92. The van der Waals surface area contributed by atoms with Crippen molar-refractivity contribution >= 4 is 22.6 Å². The number of benzene rings is 1. The minimum Gasteiger partial charge on any atom is -0.402 e. The largest absolute Gasteiger partial charge is 0.402 e. The molecule has 182 valence electrons. The normalized spacial score (nSPS) is 19.6. The number of hydrogen-bond donors (Lipinski definition) is 3. The first-order valence-corrected chi connectivity index (χ1v) is 12.0. The van der Waals surface area contributed by atoms with Gasteiger partial charge in [-0.1, -0.05) is 6.07 Å². The highest BCUT2D eigenvalue weighted by molar-refractivity contribution is 6.12. The van der Waals surface area contributed by atoms with Crippen LogP contribution in [-0.4, -0.2) is 58.0 Å². The Kier molecular flexibility index (Phi) is 5.49. The summed E-state index contributed by atoms with van der Waals surface area (Å²) in [5.74, 6) is 0.273. The Balaban J connectivity index is 1.15. The number of imidazole rings is 1. The summed E-state index contributed by atoms with van der Waals surface area (Å²) in [5, 5.41) is 6.43. The number of nitrogens with two attached hydrogens (primary N) is 1. The van der Waals surface area contributed by atoms with E-state index in [0.29, 0.717) is 27.8 Å². The maximum absolute atomic E-state index is 14.8. The molecule has 4 N–H and O–H groups in total. The van der Waals surface area contributed by atoms with Crippen LogP contribution in [0.4, 0.5) is 14.6 Å². The molecule has 35 heavy (non-hydrogen) atoms. The number of allylic oxidation sites excluding steroid dienone is 1. The van der Waals surface area contributed by atoms with E-state index in [-0.39, 0.29) is 12.4 Å². The van der Waals surface area contributed by atoms with Crippen LogP contribution in [0.15, 0.2) is 47.5 Å². The van der Waals surface area contributed by atoms with Crippen molar-refractivity contribution in [1.29, 1.82) is 0 Å². The molecule has 1 aromatic carbocycles. The third-order valence-electron chi connectivity index (χ3n) is 7.16. The molecule has 3 aliphatic rings. The number of aromatic nitrogens is 3. The molecule has 3 aromatic rings. The van der Waals surface area contributed by atoms with Crippen molar-refractivity contribution in [3.63, 3.8) is 0 Å². The molecule has 0 radical (unpaired) electrons. The van der Waals surface area contributed by atoms with Crippen LogP contribution in [0, 0.1) is 11.2 Å². The fourth-order valence-corrected chi connectivity index (χ4v) is 5.38. The number of halogens is 2. The van der Waals surface area contributed by atoms with Gasteiger partial charge in [0.1, 0.15) is 29.5 Å². The molecule has 6 rings (SSSR count). The van der Waals surface area contributed by atoms with Gasteiger partial charge < -0.3 is 20.9 Å². The van der Waals surface area contributed by atoms with Gasteiger partial charge in [-0.2, -0.15) is 0 Å². The lowest BCUT2D eigenvalue weighted by atomic mass is 9.74. The lowest BCUT2D eigenvalue weighted by Crippen LogP contribution is -2.70. The first-order chi connectivity index (χ1) is 17.0. The molecule has 0 aliphatic carbocycles. The zero-order valence-electron chi connectivity index (χ0n) is 19.4. The van der Waals surface area contributed by atoms with E-state index in [1.54, 1.807) is 6.07 Å². The molecule has 1 spiro atoms. The fraction of sp³-hybridized carbons (Fsp3) is 0.400. The van der Waals surface area contributed by atoms with Crippen LogP contribution >= 0.6 is 0 Å². The monoisotopic (exact) mass is 478 g/mol. The summed E-state index contributed by atoms with van der Waals surface area (Å²) in [4.78, 5) is 15.6. The van der Waals surface area contributed by atoms with E-state index in [4.69, 9.17) is 5.73 Å². The Bertz CT molecular complexity index is 1320. The third kappa shape index (κ3) is 4.06. The number of likely N-dealkylation sites (tertiary alicyclic amines) is 1. The van der Waals surface area contributed by atoms with Crippen LogP contribution in [0.1, 0.15) is 23.4 Å². The average Bonchev–Trinajstić information content (AvgIpc) is 3.40. The summed E-state index contributed by atoms with van der Waals surface area (Å²) in [6.07, 6.45) is 4.47. The molecule has 0 atom stereocenters. The Morgan fingerprint density at radius 3 is 2.86 bits per heavy atom. The maximum atomic E-state index is 14.8. The van der Waals surface area contributed by atoms with Gasteiger partial charge in [-0.05, 0) is 30.2 Å². The highest BCUT2D eigenvalue weighted by Crippen LogP contribution is 2.34. The molecule has 2 fully saturated rings. The van der Waals surface area contributed by atoms with Crippen LogP contribution in [0.3, 0.4) is 0 Å². The lowest BCUT2D eigenvalue weighted by Gasteiger charge is -2.56. The van der Waals surface area contributed by atoms with Crippen LogP contribution in [0.25, 0.3) is 11.0 Å². The number of nitrogens with one attached hydrogen (secondary N) is 2. The standard InChI is InChI=1S/C25H28F2N8/c26-18-6-17(7-20-24(18)33-22-2-1-5-35(20)22)23(19(27)8-28)32-15-31-21-4-3-16(9-30-21)10-34-13-25(14-34)11-29-12-25/h3-4,6-9,29H,1-2,5,10-15,28H2,(H,30,31)/b19-8+,32-23?. The van der Waals surface area contributed by atoms with Gasteiger partial charge in [-0.15, -0.1) is 0 Å². The van der Waals surface area contributed by atoms with Crippen LogP contribution < -0.4 is 16.4 Å². The molecule has 2 saturated heterocycles. The Morgan fingerprint density at radius 2 is 2.14 bits per heavy atom. The zero-order valence-corrected chi connectivity index (χ0v) is 19.4. The van der Waals surface area contributed by atoms with E-state index in [1.807, 2.05) is 22.9 Å². The number of aliphatic imine (C=N–C) groups is 1. The summed E-state index contributed by atoms with van der Waals surface area (Å²) in [6.45, 7) is 6.23. The molecule has 0 saturated carbocycles. The van der Waals surface area contributed by atoms with Crippen molar-refractivity contribution in [1.82, 2.24) is 24.8 Å². The van der Waals surface area contributed by atoms with Crippen molar-refractivity contribution in [2.75, 3.05) is 38.2 Å². The summed E-state index contributed by atoms with van der Waals surface area (Å²) in [7, 11) is 0. The number of fused-ring (bicyclic) bond motifs is 3.